The smallest absolute Gasteiger partial charge is 0.414 e. The highest BCUT2D eigenvalue weighted by Gasteiger charge is 2.55. The number of anilines is 4. The van der Waals surface area contributed by atoms with E-state index >= 15 is 0 Å². The highest BCUT2D eigenvalue weighted by Crippen LogP contribution is 2.46. The lowest BCUT2D eigenvalue weighted by molar-refractivity contribution is -0.132. The molecule has 8 N–H and O–H groups in total. The number of hydrogen-bond donors (Lipinski definition) is 7. The van der Waals surface area contributed by atoms with Crippen LogP contribution >= 0.6 is 0 Å². The molecule has 5 amide bonds. The fraction of sp³-hybridized carbons (Fsp3) is 0.508. The number of benzene rings is 3. The van der Waals surface area contributed by atoms with Gasteiger partial charge in [0.05, 0.1) is 24.7 Å². The van der Waals surface area contributed by atoms with Crippen molar-refractivity contribution in [3.63, 3.8) is 0 Å². The number of sulfonamides is 1. The SMILES string of the molecule is C.CC(=O)Nc1ccc(C(C)(C)C)cc1.CC(C)(C)c1ccc(NC(=O)C2(C(N)=O)CC2)cc1.CC(C)(C)c1ccc(S(=O)(=O)NCCO)cc1.CCCOC(=O)Nc1ncc(C(C)(C)C)cn1.COCCOC(=O)Nc1ccc(C(C)(C)C)cn1. The third kappa shape index (κ3) is 27.8. The van der Waals surface area contributed by atoms with Crippen molar-refractivity contribution in [2.45, 2.75) is 176 Å². The molecule has 2 heterocycles. The number of carbonyl (C=O) groups excluding carboxylic acids is 5. The van der Waals surface area contributed by atoms with E-state index in [1.54, 1.807) is 43.9 Å². The summed E-state index contributed by atoms with van der Waals surface area (Å²) in [5.41, 5.74) is 11.8. The summed E-state index contributed by atoms with van der Waals surface area (Å²) in [5, 5.41) is 19.1. The molecule has 0 aliphatic heterocycles. The predicted octanol–water partition coefficient (Wildman–Crippen LogP) is 12.3. The van der Waals surface area contributed by atoms with Crippen molar-refractivity contribution in [1.82, 2.24) is 19.7 Å². The fourth-order valence-electron chi connectivity index (χ4n) is 7.04. The summed E-state index contributed by atoms with van der Waals surface area (Å²) in [7, 11) is -1.95. The summed E-state index contributed by atoms with van der Waals surface area (Å²) >= 11 is 0. The molecule has 6 rings (SSSR count). The molecule has 5 aromatic rings. The lowest BCUT2D eigenvalue weighted by Gasteiger charge is -2.19. The summed E-state index contributed by atoms with van der Waals surface area (Å²) in [6.45, 7) is 35.9. The van der Waals surface area contributed by atoms with E-state index in [1.807, 2.05) is 73.7 Å². The Balaban J connectivity index is 0.000000538. The normalized spacial score (nSPS) is 12.5. The molecule has 0 atom stereocenters. The molecule has 1 saturated carbocycles. The number of ether oxygens (including phenoxy) is 3. The van der Waals surface area contributed by atoms with E-state index in [9.17, 15) is 32.4 Å². The summed E-state index contributed by atoms with van der Waals surface area (Å²) in [6.07, 6.45) is 6.02. The first kappa shape index (κ1) is 76.7. The highest BCUT2D eigenvalue weighted by molar-refractivity contribution is 7.89. The first-order valence-electron chi connectivity index (χ1n) is 28.3. The zero-order valence-electron chi connectivity index (χ0n) is 53.3. The predicted molar refractivity (Wildman–Crippen MR) is 344 cm³/mol. The van der Waals surface area contributed by atoms with Gasteiger partial charge in [0.1, 0.15) is 17.8 Å². The van der Waals surface area contributed by atoms with Gasteiger partial charge in [-0.25, -0.2) is 37.7 Å². The lowest BCUT2D eigenvalue weighted by atomic mass is 9.87. The quantitative estimate of drug-likeness (QED) is 0.0379. The number of carbonyl (C=O) groups is 5. The summed E-state index contributed by atoms with van der Waals surface area (Å²) in [4.78, 5) is 69.2. The van der Waals surface area contributed by atoms with Crippen molar-refractivity contribution >= 4 is 63.1 Å². The number of nitrogens with one attached hydrogen (secondary N) is 5. The molecule has 0 saturated heterocycles. The van der Waals surface area contributed by atoms with Crippen LogP contribution in [-0.2, 0) is 65.7 Å². The molecule has 0 radical (unpaired) electrons. The molecule has 476 valence electrons. The molecule has 3 aromatic carbocycles. The molecule has 20 nitrogen and oxygen atoms in total. The molecule has 1 aliphatic carbocycles. The lowest BCUT2D eigenvalue weighted by Crippen LogP contribution is -2.36. The van der Waals surface area contributed by atoms with Gasteiger partial charge in [-0.15, -0.1) is 0 Å². The van der Waals surface area contributed by atoms with Gasteiger partial charge in [0.15, 0.2) is 0 Å². The second-order valence-electron chi connectivity index (χ2n) is 25.4. The van der Waals surface area contributed by atoms with Gasteiger partial charge >= 0.3 is 12.2 Å². The van der Waals surface area contributed by atoms with Crippen molar-refractivity contribution in [2.75, 3.05) is 61.3 Å². The van der Waals surface area contributed by atoms with Gasteiger partial charge in [0.2, 0.25) is 33.7 Å². The van der Waals surface area contributed by atoms with Crippen LogP contribution in [0.3, 0.4) is 0 Å². The molecule has 86 heavy (non-hydrogen) atoms. The summed E-state index contributed by atoms with van der Waals surface area (Å²) in [6, 6.07) is 26.1. The van der Waals surface area contributed by atoms with Crippen LogP contribution in [0.5, 0.6) is 0 Å². The maximum atomic E-state index is 12.0. The molecule has 0 bridgehead atoms. The Bertz CT molecular complexity index is 2990. The Morgan fingerprint density at radius 1 is 0.558 bits per heavy atom. The second-order valence-corrected chi connectivity index (χ2v) is 27.1. The average Bonchev–Trinajstić information content (AvgIpc) is 1.76. The molecular weight excluding hydrogens is 1110 g/mol. The number of amides is 5. The van der Waals surface area contributed by atoms with Crippen LogP contribution in [0.1, 0.15) is 172 Å². The molecule has 0 unspecified atom stereocenters. The van der Waals surface area contributed by atoms with Crippen molar-refractivity contribution in [1.29, 1.82) is 0 Å². The van der Waals surface area contributed by atoms with Gasteiger partial charge in [0, 0.05) is 50.5 Å². The van der Waals surface area contributed by atoms with Gasteiger partial charge in [-0.05, 0) is 117 Å². The number of aliphatic hydroxyl groups is 1. The van der Waals surface area contributed by atoms with Crippen LogP contribution in [-0.4, -0.2) is 98.5 Å². The van der Waals surface area contributed by atoms with Crippen LogP contribution in [0.4, 0.5) is 32.7 Å². The number of nitrogens with two attached hydrogens (primary N) is 1. The number of methoxy groups -OCH3 is 1. The zero-order chi connectivity index (χ0) is 64.6. The number of aliphatic hydroxyl groups excluding tert-OH is 1. The van der Waals surface area contributed by atoms with Crippen LogP contribution in [0, 0.1) is 5.41 Å². The average molecular weight is 1210 g/mol. The fourth-order valence-corrected chi connectivity index (χ4v) is 8.06. The number of rotatable bonds is 15. The van der Waals surface area contributed by atoms with E-state index in [4.69, 9.17) is 25.1 Å². The third-order valence-electron chi connectivity index (χ3n) is 12.7. The number of nitrogens with zero attached hydrogens (tertiary/aromatic N) is 3. The van der Waals surface area contributed by atoms with Crippen molar-refractivity contribution in [2.24, 2.45) is 11.1 Å². The minimum absolute atomic E-state index is 0. The number of hydrogen-bond acceptors (Lipinski definition) is 14. The van der Waals surface area contributed by atoms with E-state index in [0.29, 0.717) is 37.6 Å². The first-order chi connectivity index (χ1) is 39.3. The molecule has 0 spiro atoms. The Kier molecular flexibility index (Phi) is 30.4. The molecule has 1 aliphatic rings. The van der Waals surface area contributed by atoms with E-state index in [0.717, 1.165) is 28.8 Å². The van der Waals surface area contributed by atoms with Crippen LogP contribution in [0.2, 0.25) is 0 Å². The number of pyridine rings is 1. The molecule has 1 fully saturated rings. The van der Waals surface area contributed by atoms with Gasteiger partial charge < -0.3 is 35.7 Å². The minimum atomic E-state index is -3.49. The van der Waals surface area contributed by atoms with Crippen LogP contribution in [0.25, 0.3) is 0 Å². The van der Waals surface area contributed by atoms with Crippen molar-refractivity contribution in [3.8, 4) is 0 Å². The molecular formula is C65H99N9O11S. The standard InChI is InChI=1S/C15H20N2O2.C13H20N2O3.C12H19N3O2.C12H19NO3S.C12H17NO.CH4/c1-14(2,3)10-4-6-11(7-5-10)17-13(19)15(8-9-15)12(16)18;1-13(2,3)10-5-6-11(14-9-10)15-12(16)18-8-7-17-4;1-5-6-17-11(16)15-10-13-7-9(8-14-10)12(2,3)4;1-12(2,3)10-4-6-11(7-5-10)17(15,16)13-8-9-14;1-9(14)13-11-7-5-10(6-8-11)12(2,3)4;/h4-7H,8-9H2,1-3H3,(H2,16,18)(H,17,19);5-6,9H,7-8H2,1-4H3,(H,14,15,16);7-8H,5-6H2,1-4H3,(H,13,14,15,16);4-7,13-14H,8-9H2,1-3H3;5-8H,1-4H3,(H,13,14);1H4. The number of primary amides is 1. The third-order valence-corrected chi connectivity index (χ3v) is 14.2. The Labute approximate surface area is 512 Å². The monoisotopic (exact) mass is 1210 g/mol. The largest absolute Gasteiger partial charge is 0.449 e. The van der Waals surface area contributed by atoms with Crippen molar-refractivity contribution in [3.05, 3.63) is 131 Å². The summed E-state index contributed by atoms with van der Waals surface area (Å²) < 4.78 is 40.3. The maximum absolute atomic E-state index is 12.0. The maximum Gasteiger partial charge on any atom is 0.414 e. The van der Waals surface area contributed by atoms with Crippen LogP contribution in [0.15, 0.2) is 108 Å². The summed E-state index contributed by atoms with van der Waals surface area (Å²) in [5.74, 6) is -0.113. The van der Waals surface area contributed by atoms with Gasteiger partial charge in [-0.2, -0.15) is 0 Å². The van der Waals surface area contributed by atoms with Gasteiger partial charge in [-0.3, -0.25) is 25.0 Å². The van der Waals surface area contributed by atoms with Gasteiger partial charge in [0.25, 0.3) is 0 Å². The Hall–Kier alpha value is -7.33. The van der Waals surface area contributed by atoms with E-state index in [1.165, 1.54) is 18.1 Å². The van der Waals surface area contributed by atoms with Crippen LogP contribution < -0.4 is 31.7 Å². The molecule has 2 aromatic heterocycles. The second kappa shape index (κ2) is 34.1. The highest BCUT2D eigenvalue weighted by atomic mass is 32.2. The van der Waals surface area contributed by atoms with E-state index in [2.05, 4.69) is 145 Å². The topological polar surface area (TPSA) is 292 Å². The van der Waals surface area contributed by atoms with E-state index < -0.39 is 33.5 Å². The first-order valence-corrected chi connectivity index (χ1v) is 29.7. The zero-order valence-corrected chi connectivity index (χ0v) is 54.1. The van der Waals surface area contributed by atoms with E-state index in [-0.39, 0.29) is 76.9 Å². The number of aromatic nitrogens is 3. The molecule has 21 heteroatoms. The minimum Gasteiger partial charge on any atom is -0.449 e. The van der Waals surface area contributed by atoms with Gasteiger partial charge in [-0.1, -0.05) is 161 Å². The Morgan fingerprint density at radius 3 is 1.34 bits per heavy atom. The Morgan fingerprint density at radius 2 is 0.965 bits per heavy atom. The van der Waals surface area contributed by atoms with Crippen molar-refractivity contribution < 1.29 is 51.7 Å².